The van der Waals surface area contributed by atoms with Gasteiger partial charge in [-0.3, -0.25) is 19.0 Å². The predicted molar refractivity (Wildman–Crippen MR) is 148 cm³/mol. The minimum Gasteiger partial charge on any atom is -0.464 e. The number of anilines is 3. The third kappa shape index (κ3) is 6.38. The van der Waals surface area contributed by atoms with Crippen LogP contribution in [0.25, 0.3) is 0 Å². The summed E-state index contributed by atoms with van der Waals surface area (Å²) in [6.45, 7) is 2.01. The van der Waals surface area contributed by atoms with Crippen molar-refractivity contribution >= 4 is 62.3 Å². The third-order valence-electron chi connectivity index (χ3n) is 5.86. The molecule has 0 spiro atoms. The van der Waals surface area contributed by atoms with Crippen LogP contribution in [0.3, 0.4) is 0 Å². The van der Waals surface area contributed by atoms with E-state index in [1.165, 1.54) is 18.2 Å². The molecule has 0 fully saturated rings. The number of carbonyl (C=O) groups excluding carboxylic acids is 2. The molecule has 2 amide bonds. The Morgan fingerprint density at radius 2 is 1.89 bits per heavy atom. The molecule has 12 heteroatoms. The lowest BCUT2D eigenvalue weighted by atomic mass is 10.1. The first kappa shape index (κ1) is 27.7. The van der Waals surface area contributed by atoms with Crippen molar-refractivity contribution in [2.24, 2.45) is 0 Å². The first-order valence-corrected chi connectivity index (χ1v) is 14.1. The predicted octanol–water partition coefficient (Wildman–Crippen LogP) is 5.52. The van der Waals surface area contributed by atoms with Gasteiger partial charge in [-0.1, -0.05) is 36.5 Å². The van der Waals surface area contributed by atoms with E-state index in [4.69, 9.17) is 27.9 Å². The Kier molecular flexibility index (Phi) is 8.76. The highest BCUT2D eigenvalue weighted by Gasteiger charge is 2.31. The molecule has 0 saturated heterocycles. The molecule has 0 radical (unpaired) electrons. The maximum absolute atomic E-state index is 13.7. The fourth-order valence-electron chi connectivity index (χ4n) is 3.99. The molecule has 0 saturated carbocycles. The second-order valence-corrected chi connectivity index (χ2v) is 11.3. The molecule has 9 nitrogen and oxygen atoms in total. The molecule has 0 aliphatic carbocycles. The minimum atomic E-state index is -4.25. The first-order valence-electron chi connectivity index (χ1n) is 11.9. The Bertz CT molecular complexity index is 1420. The Morgan fingerprint density at radius 1 is 1.13 bits per heavy atom. The van der Waals surface area contributed by atoms with Gasteiger partial charge in [-0.25, -0.2) is 13.2 Å². The number of amides is 2. The fraction of sp³-hybridized carbons (Fsp3) is 0.269. The number of sulfonamides is 1. The van der Waals surface area contributed by atoms with Gasteiger partial charge in [0, 0.05) is 28.5 Å². The van der Waals surface area contributed by atoms with Crippen molar-refractivity contribution in [2.75, 3.05) is 34.2 Å². The number of benzene rings is 2. The van der Waals surface area contributed by atoms with Gasteiger partial charge in [-0.2, -0.15) is 0 Å². The fourth-order valence-corrected chi connectivity index (χ4v) is 6.12. The number of fused-ring (bicyclic) bond motifs is 1. The van der Waals surface area contributed by atoms with Crippen LogP contribution in [0.1, 0.15) is 25.3 Å². The van der Waals surface area contributed by atoms with Crippen LogP contribution in [0.15, 0.2) is 65.8 Å². The van der Waals surface area contributed by atoms with Gasteiger partial charge in [0.1, 0.15) is 6.54 Å². The van der Waals surface area contributed by atoms with Crippen LogP contribution in [-0.2, 0) is 26.0 Å². The van der Waals surface area contributed by atoms with Crippen LogP contribution in [0.5, 0.6) is 0 Å². The summed E-state index contributed by atoms with van der Waals surface area (Å²) in [6, 6.07) is 12.0. The van der Waals surface area contributed by atoms with Crippen molar-refractivity contribution in [1.82, 2.24) is 4.98 Å². The Hall–Kier alpha value is -3.34. The number of urea groups is 1. The van der Waals surface area contributed by atoms with Crippen molar-refractivity contribution in [3.8, 4) is 0 Å². The zero-order valence-electron chi connectivity index (χ0n) is 20.6. The first-order chi connectivity index (χ1) is 18.2. The van der Waals surface area contributed by atoms with Gasteiger partial charge in [0.05, 0.1) is 29.1 Å². The number of ether oxygens (including phenoxy) is 1. The molecule has 2 aromatic carbocycles. The van der Waals surface area contributed by atoms with Crippen molar-refractivity contribution in [3.05, 3.63) is 76.5 Å². The van der Waals surface area contributed by atoms with Crippen LogP contribution >= 0.6 is 23.2 Å². The lowest BCUT2D eigenvalue weighted by Gasteiger charge is -2.25. The molecule has 4 rings (SSSR count). The Labute approximate surface area is 231 Å². The average molecular weight is 577 g/mol. The van der Waals surface area contributed by atoms with E-state index in [1.54, 1.807) is 47.6 Å². The summed E-state index contributed by atoms with van der Waals surface area (Å²) in [5, 5.41) is 3.09. The van der Waals surface area contributed by atoms with Crippen molar-refractivity contribution in [3.63, 3.8) is 0 Å². The number of hydrogen-bond donors (Lipinski definition) is 1. The summed E-state index contributed by atoms with van der Waals surface area (Å²) in [5.74, 6) is -0.687. The summed E-state index contributed by atoms with van der Waals surface area (Å²) in [5.41, 5.74) is 2.21. The average Bonchev–Trinajstić information content (AvgIpc) is 3.31. The van der Waals surface area contributed by atoms with E-state index < -0.39 is 22.5 Å². The van der Waals surface area contributed by atoms with E-state index in [9.17, 15) is 18.0 Å². The zero-order valence-corrected chi connectivity index (χ0v) is 22.9. The molecule has 1 aromatic heterocycles. The molecule has 1 aliphatic rings. The highest BCUT2D eigenvalue weighted by Crippen LogP contribution is 2.35. The number of unbranched alkanes of at least 4 members (excludes halogenated alkanes) is 1. The van der Waals surface area contributed by atoms with E-state index in [-0.39, 0.29) is 33.3 Å². The van der Waals surface area contributed by atoms with Crippen LogP contribution < -0.4 is 14.5 Å². The van der Waals surface area contributed by atoms with Gasteiger partial charge in [0.25, 0.3) is 10.0 Å². The van der Waals surface area contributed by atoms with Gasteiger partial charge in [0.15, 0.2) is 0 Å². The second-order valence-electron chi connectivity index (χ2n) is 8.58. The van der Waals surface area contributed by atoms with Crippen molar-refractivity contribution in [2.45, 2.75) is 31.1 Å². The van der Waals surface area contributed by atoms with Gasteiger partial charge >= 0.3 is 12.0 Å². The lowest BCUT2D eigenvalue weighted by molar-refractivity contribution is -0.141. The smallest absolute Gasteiger partial charge is 0.326 e. The highest BCUT2D eigenvalue weighted by atomic mass is 35.5. The molecule has 200 valence electrons. The molecule has 0 atom stereocenters. The van der Waals surface area contributed by atoms with E-state index in [1.807, 2.05) is 6.92 Å². The number of pyridine rings is 1. The quantitative estimate of drug-likeness (QED) is 0.265. The molecule has 0 bridgehead atoms. The molecule has 1 N–H and O–H groups in total. The lowest BCUT2D eigenvalue weighted by Crippen LogP contribution is -2.37. The molecule has 2 heterocycles. The molecule has 3 aromatic rings. The number of nitrogens with one attached hydrogen (secondary N) is 1. The Balaban J connectivity index is 1.64. The van der Waals surface area contributed by atoms with Gasteiger partial charge < -0.3 is 10.1 Å². The van der Waals surface area contributed by atoms with E-state index in [0.717, 1.165) is 16.3 Å². The van der Waals surface area contributed by atoms with Gasteiger partial charge in [-0.15, -0.1) is 0 Å². The van der Waals surface area contributed by atoms with Crippen molar-refractivity contribution in [1.29, 1.82) is 0 Å². The number of rotatable bonds is 9. The number of esters is 1. The monoisotopic (exact) mass is 576 g/mol. The number of hydrogen-bond acceptors (Lipinski definition) is 6. The number of carbonyl (C=O) groups is 2. The number of nitrogens with zero attached hydrogens (tertiary/aromatic N) is 3. The van der Waals surface area contributed by atoms with Gasteiger partial charge in [0.2, 0.25) is 0 Å². The molecular formula is C26H26Cl2N4O5S. The maximum atomic E-state index is 13.7. The SMILES string of the molecule is CCCCOC(=O)CN(c1ccc2c(c1)CCN2C(=O)Nc1cccnc1)S(=O)(=O)c1cc(Cl)cc(Cl)c1. The van der Waals surface area contributed by atoms with Crippen LogP contribution in [0.4, 0.5) is 21.9 Å². The summed E-state index contributed by atoms with van der Waals surface area (Å²) in [4.78, 5) is 30.9. The number of halogens is 2. The summed E-state index contributed by atoms with van der Waals surface area (Å²) in [6.07, 6.45) is 5.15. The summed E-state index contributed by atoms with van der Waals surface area (Å²) >= 11 is 12.1. The van der Waals surface area contributed by atoms with E-state index in [0.29, 0.717) is 30.8 Å². The minimum absolute atomic E-state index is 0.144. The number of aromatic nitrogens is 1. The van der Waals surface area contributed by atoms with Crippen LogP contribution in [0, 0.1) is 0 Å². The van der Waals surface area contributed by atoms with Crippen molar-refractivity contribution < 1.29 is 22.7 Å². The van der Waals surface area contributed by atoms with E-state index in [2.05, 4.69) is 10.3 Å². The van der Waals surface area contributed by atoms with Crippen LogP contribution in [-0.4, -0.2) is 45.1 Å². The standard InChI is InChI=1S/C26H26Cl2N4O5S/c1-2-3-11-37-25(33)17-32(38(35,36)23-14-19(27)13-20(28)15-23)22-6-7-24-18(12-22)8-10-31(24)26(34)30-21-5-4-9-29-16-21/h4-7,9,12-16H,2-3,8,10-11,17H2,1H3,(H,30,34). The zero-order chi connectivity index (χ0) is 27.3. The molecular weight excluding hydrogens is 551 g/mol. The molecule has 1 aliphatic heterocycles. The second kappa shape index (κ2) is 12.0. The van der Waals surface area contributed by atoms with E-state index >= 15 is 0 Å². The molecule has 38 heavy (non-hydrogen) atoms. The molecule has 0 unspecified atom stereocenters. The van der Waals surface area contributed by atoms with Gasteiger partial charge in [-0.05, 0) is 66.9 Å². The largest absolute Gasteiger partial charge is 0.464 e. The summed E-state index contributed by atoms with van der Waals surface area (Å²) in [7, 11) is -4.25. The Morgan fingerprint density at radius 3 is 2.58 bits per heavy atom. The topological polar surface area (TPSA) is 109 Å². The highest BCUT2D eigenvalue weighted by molar-refractivity contribution is 7.92. The normalized spacial score (nSPS) is 12.7. The maximum Gasteiger partial charge on any atom is 0.326 e. The third-order valence-corrected chi connectivity index (χ3v) is 8.05. The van der Waals surface area contributed by atoms with Crippen LogP contribution in [0.2, 0.25) is 10.0 Å². The summed E-state index contributed by atoms with van der Waals surface area (Å²) < 4.78 is 33.6.